The molecule has 0 saturated heterocycles. The highest BCUT2D eigenvalue weighted by Crippen LogP contribution is 2.19. The van der Waals surface area contributed by atoms with Crippen LogP contribution in [0.2, 0.25) is 0 Å². The highest BCUT2D eigenvalue weighted by Gasteiger charge is 2.02. The lowest BCUT2D eigenvalue weighted by atomic mass is 10.3. The summed E-state index contributed by atoms with van der Waals surface area (Å²) in [5, 5.41) is 9.76. The number of aromatic nitrogens is 1. The molecule has 90 valence electrons. The van der Waals surface area contributed by atoms with E-state index in [2.05, 4.69) is 4.98 Å². The van der Waals surface area contributed by atoms with Gasteiger partial charge in [0.15, 0.2) is 0 Å². The Balaban J connectivity index is 1.92. The number of hydrogen-bond acceptors (Lipinski definition) is 5. The van der Waals surface area contributed by atoms with Crippen LogP contribution in [-0.4, -0.2) is 17.2 Å². The van der Waals surface area contributed by atoms with Crippen LogP contribution in [0.25, 0.3) is 0 Å². The minimum atomic E-state index is 0.0280. The number of nitrogens with zero attached hydrogens (tertiary/aromatic N) is 1. The highest BCUT2D eigenvalue weighted by atomic mass is 32.1. The summed E-state index contributed by atoms with van der Waals surface area (Å²) in [6, 6.07) is 7.38. The third-order valence-electron chi connectivity index (χ3n) is 2.18. The topological polar surface area (TPSA) is 51.6 Å². The third kappa shape index (κ3) is 3.18. The van der Waals surface area contributed by atoms with E-state index in [1.165, 1.54) is 11.3 Å². The van der Waals surface area contributed by atoms with E-state index < -0.39 is 0 Å². The first kappa shape index (κ1) is 11.9. The largest absolute Gasteiger partial charge is 0.497 e. The molecule has 0 saturated carbocycles. The molecule has 0 unspecified atom stereocenters. The monoisotopic (exact) mass is 251 g/mol. The first-order valence-electron chi connectivity index (χ1n) is 5.13. The van der Waals surface area contributed by atoms with Gasteiger partial charge in [0.2, 0.25) is 0 Å². The first-order chi connectivity index (χ1) is 8.31. The number of rotatable bonds is 5. The minimum Gasteiger partial charge on any atom is -0.497 e. The van der Waals surface area contributed by atoms with Crippen LogP contribution >= 0.6 is 11.3 Å². The number of ether oxygens (including phenoxy) is 2. The van der Waals surface area contributed by atoms with Crippen molar-refractivity contribution in [3.8, 4) is 11.5 Å². The van der Waals surface area contributed by atoms with Crippen LogP contribution in [0.5, 0.6) is 11.5 Å². The summed E-state index contributed by atoms with van der Waals surface area (Å²) >= 11 is 1.45. The fourth-order valence-corrected chi connectivity index (χ4v) is 2.00. The second-order valence-electron chi connectivity index (χ2n) is 3.34. The van der Waals surface area contributed by atoms with Crippen LogP contribution in [0.1, 0.15) is 9.88 Å². The van der Waals surface area contributed by atoms with Gasteiger partial charge in [-0.2, -0.15) is 0 Å². The summed E-state index contributed by atoms with van der Waals surface area (Å²) in [6.45, 7) is 0.442. The van der Waals surface area contributed by atoms with Crippen molar-refractivity contribution >= 4 is 11.3 Å². The molecule has 17 heavy (non-hydrogen) atoms. The van der Waals surface area contributed by atoms with Gasteiger partial charge < -0.3 is 14.6 Å². The van der Waals surface area contributed by atoms with E-state index in [4.69, 9.17) is 14.6 Å². The number of benzene rings is 1. The average molecular weight is 251 g/mol. The molecular formula is C12H13NO3S. The lowest BCUT2D eigenvalue weighted by molar-refractivity contribution is 0.285. The zero-order valence-electron chi connectivity index (χ0n) is 9.42. The molecule has 0 radical (unpaired) electrons. The van der Waals surface area contributed by atoms with Gasteiger partial charge in [-0.05, 0) is 24.3 Å². The van der Waals surface area contributed by atoms with Crippen LogP contribution in [0.3, 0.4) is 0 Å². The number of hydrogen-bond donors (Lipinski definition) is 1. The van der Waals surface area contributed by atoms with Gasteiger partial charge in [-0.3, -0.25) is 0 Å². The van der Waals surface area contributed by atoms with Crippen molar-refractivity contribution in [1.82, 2.24) is 4.98 Å². The lowest BCUT2D eigenvalue weighted by Crippen LogP contribution is -1.94. The van der Waals surface area contributed by atoms with Gasteiger partial charge in [0, 0.05) is 6.20 Å². The van der Waals surface area contributed by atoms with E-state index in [1.54, 1.807) is 13.3 Å². The van der Waals surface area contributed by atoms with Gasteiger partial charge in [-0.25, -0.2) is 4.98 Å². The van der Waals surface area contributed by atoms with Crippen LogP contribution in [0.4, 0.5) is 0 Å². The van der Waals surface area contributed by atoms with Crippen LogP contribution in [0, 0.1) is 0 Å². The fraction of sp³-hybridized carbons (Fsp3) is 0.250. The molecule has 0 bridgehead atoms. The molecular weight excluding hydrogens is 238 g/mol. The molecule has 2 rings (SSSR count). The second-order valence-corrected chi connectivity index (χ2v) is 4.54. The molecule has 0 atom stereocenters. The summed E-state index contributed by atoms with van der Waals surface area (Å²) in [4.78, 5) is 4.99. The van der Waals surface area contributed by atoms with Crippen molar-refractivity contribution in [2.24, 2.45) is 0 Å². The molecule has 2 aromatic rings. The molecule has 1 heterocycles. The molecule has 5 heteroatoms. The van der Waals surface area contributed by atoms with Crippen LogP contribution < -0.4 is 9.47 Å². The van der Waals surface area contributed by atoms with Crippen LogP contribution in [-0.2, 0) is 13.2 Å². The third-order valence-corrected chi connectivity index (χ3v) is 3.13. The molecule has 0 aliphatic carbocycles. The Morgan fingerprint density at radius 1 is 1.24 bits per heavy atom. The zero-order valence-corrected chi connectivity index (χ0v) is 10.2. The van der Waals surface area contributed by atoms with Crippen molar-refractivity contribution in [1.29, 1.82) is 0 Å². The Hall–Kier alpha value is -1.59. The number of aliphatic hydroxyl groups is 1. The van der Waals surface area contributed by atoms with Crippen molar-refractivity contribution < 1.29 is 14.6 Å². The van der Waals surface area contributed by atoms with E-state index in [-0.39, 0.29) is 6.61 Å². The second kappa shape index (κ2) is 5.65. The van der Waals surface area contributed by atoms with Gasteiger partial charge in [-0.15, -0.1) is 11.3 Å². The van der Waals surface area contributed by atoms with E-state index in [1.807, 2.05) is 24.3 Å². The van der Waals surface area contributed by atoms with Crippen molar-refractivity contribution in [2.45, 2.75) is 13.2 Å². The van der Waals surface area contributed by atoms with Gasteiger partial charge >= 0.3 is 0 Å². The average Bonchev–Trinajstić information content (AvgIpc) is 2.85. The minimum absolute atomic E-state index is 0.0280. The summed E-state index contributed by atoms with van der Waals surface area (Å²) < 4.78 is 10.6. The number of thiazole rings is 1. The molecule has 1 N–H and O–H groups in total. The zero-order chi connectivity index (χ0) is 12.1. The van der Waals surface area contributed by atoms with Crippen molar-refractivity contribution in [3.63, 3.8) is 0 Å². The molecule has 0 aliphatic rings. The van der Waals surface area contributed by atoms with Gasteiger partial charge in [0.25, 0.3) is 0 Å². The first-order valence-corrected chi connectivity index (χ1v) is 5.95. The molecule has 0 spiro atoms. The van der Waals surface area contributed by atoms with E-state index in [0.717, 1.165) is 21.4 Å². The summed E-state index contributed by atoms with van der Waals surface area (Å²) in [7, 11) is 1.63. The SMILES string of the molecule is COc1ccc(OCc2ncc(CO)s2)cc1. The number of methoxy groups -OCH3 is 1. The van der Waals surface area contributed by atoms with Crippen molar-refractivity contribution in [3.05, 3.63) is 40.3 Å². The van der Waals surface area contributed by atoms with E-state index >= 15 is 0 Å². The summed E-state index contributed by atoms with van der Waals surface area (Å²) in [5.74, 6) is 1.57. The fourth-order valence-electron chi connectivity index (χ4n) is 1.30. The molecule has 0 amide bonds. The van der Waals surface area contributed by atoms with Gasteiger partial charge in [-0.1, -0.05) is 0 Å². The van der Waals surface area contributed by atoms with Gasteiger partial charge in [0.1, 0.15) is 23.1 Å². The molecule has 1 aromatic carbocycles. The predicted octanol–water partition coefficient (Wildman–Crippen LogP) is 2.22. The van der Waals surface area contributed by atoms with Crippen molar-refractivity contribution in [2.75, 3.05) is 7.11 Å². The molecule has 1 aromatic heterocycles. The Morgan fingerprint density at radius 2 is 1.94 bits per heavy atom. The Morgan fingerprint density at radius 3 is 2.53 bits per heavy atom. The lowest BCUT2D eigenvalue weighted by Gasteiger charge is -2.04. The predicted molar refractivity (Wildman–Crippen MR) is 65.4 cm³/mol. The highest BCUT2D eigenvalue weighted by molar-refractivity contribution is 7.11. The molecule has 0 aliphatic heterocycles. The smallest absolute Gasteiger partial charge is 0.140 e. The normalized spacial score (nSPS) is 10.2. The van der Waals surface area contributed by atoms with E-state index in [0.29, 0.717) is 6.61 Å². The standard InChI is InChI=1S/C12H13NO3S/c1-15-9-2-4-10(5-3-9)16-8-12-13-6-11(7-14)17-12/h2-6,14H,7-8H2,1H3. The maximum absolute atomic E-state index is 8.91. The number of aliphatic hydroxyl groups excluding tert-OH is 1. The maximum Gasteiger partial charge on any atom is 0.140 e. The summed E-state index contributed by atoms with van der Waals surface area (Å²) in [6.07, 6.45) is 1.66. The van der Waals surface area contributed by atoms with Crippen LogP contribution in [0.15, 0.2) is 30.5 Å². The Kier molecular flexibility index (Phi) is 3.95. The molecule has 4 nitrogen and oxygen atoms in total. The Labute approximate surface area is 103 Å². The molecule has 0 fully saturated rings. The summed E-state index contributed by atoms with van der Waals surface area (Å²) in [5.41, 5.74) is 0. The quantitative estimate of drug-likeness (QED) is 0.885. The Bertz CT molecular complexity index is 467. The van der Waals surface area contributed by atoms with E-state index in [9.17, 15) is 0 Å². The van der Waals surface area contributed by atoms with Gasteiger partial charge in [0.05, 0.1) is 18.6 Å². The maximum atomic E-state index is 8.91.